The Morgan fingerprint density at radius 2 is 2.13 bits per heavy atom. The van der Waals surface area contributed by atoms with Crippen LogP contribution in [0.1, 0.15) is 5.56 Å². The molecule has 1 saturated heterocycles. The van der Waals surface area contributed by atoms with E-state index in [0.717, 1.165) is 5.56 Å². The zero-order valence-corrected chi connectivity index (χ0v) is 17.2. The van der Waals surface area contributed by atoms with Gasteiger partial charge in [-0.25, -0.2) is 14.6 Å². The van der Waals surface area contributed by atoms with Gasteiger partial charge < -0.3 is 15.7 Å². The Morgan fingerprint density at radius 3 is 2.83 bits per heavy atom. The van der Waals surface area contributed by atoms with Gasteiger partial charge in [-0.2, -0.15) is 0 Å². The maximum Gasteiger partial charge on any atom is 0.352 e. The fourth-order valence-electron chi connectivity index (χ4n) is 3.18. The van der Waals surface area contributed by atoms with Gasteiger partial charge in [0.2, 0.25) is 5.16 Å². The lowest BCUT2D eigenvalue weighted by molar-refractivity contribution is -0.148. The van der Waals surface area contributed by atoms with Crippen molar-refractivity contribution in [2.24, 2.45) is 0 Å². The average Bonchev–Trinajstić information content (AvgIpc) is 3.28. The summed E-state index contributed by atoms with van der Waals surface area (Å²) in [7, 11) is 0. The van der Waals surface area contributed by atoms with Gasteiger partial charge in [-0.15, -0.1) is 16.9 Å². The van der Waals surface area contributed by atoms with Crippen LogP contribution in [-0.2, 0) is 16.1 Å². The van der Waals surface area contributed by atoms with Crippen LogP contribution in [0.25, 0.3) is 0 Å². The monoisotopic (exact) mass is 446 g/mol. The number of carboxylic acid groups (broad SMARTS) is 1. The predicted octanol–water partition coefficient (Wildman–Crippen LogP) is 1.02. The molecule has 1 unspecified atom stereocenters. The number of H-pyrrole nitrogens is 1. The van der Waals surface area contributed by atoms with Crippen molar-refractivity contribution in [3.05, 3.63) is 53.5 Å². The third kappa shape index (κ3) is 4.14. The number of carboxylic acids is 1. The normalized spacial score (nSPS) is 20.4. The Labute approximate surface area is 179 Å². The molecule has 30 heavy (non-hydrogen) atoms. The van der Waals surface area contributed by atoms with Gasteiger partial charge in [0.25, 0.3) is 5.91 Å². The van der Waals surface area contributed by atoms with Gasteiger partial charge in [0.05, 0.1) is 0 Å². The highest BCUT2D eigenvalue weighted by atomic mass is 32.2. The lowest BCUT2D eigenvalue weighted by atomic mass is 10.0. The number of urea groups is 1. The molecular formula is C18H18N6O4S2. The number of hydrogen-bond donors (Lipinski definition) is 4. The Kier molecular flexibility index (Phi) is 5.95. The van der Waals surface area contributed by atoms with Crippen LogP contribution in [0.15, 0.2) is 53.1 Å². The van der Waals surface area contributed by atoms with Crippen molar-refractivity contribution in [1.82, 2.24) is 30.7 Å². The molecule has 1 aromatic heterocycles. The molecule has 156 valence electrons. The van der Waals surface area contributed by atoms with Gasteiger partial charge in [-0.1, -0.05) is 42.1 Å². The average molecular weight is 447 g/mol. The largest absolute Gasteiger partial charge is 0.477 e. The summed E-state index contributed by atoms with van der Waals surface area (Å²) in [5.41, 5.74) is 1.54. The number of benzene rings is 1. The first-order valence-corrected chi connectivity index (χ1v) is 11.0. The van der Waals surface area contributed by atoms with Crippen molar-refractivity contribution in [2.45, 2.75) is 23.1 Å². The molecule has 1 aromatic carbocycles. The highest BCUT2D eigenvalue weighted by molar-refractivity contribution is 8.01. The zero-order valence-electron chi connectivity index (χ0n) is 15.6. The van der Waals surface area contributed by atoms with Crippen molar-refractivity contribution < 1.29 is 19.5 Å². The number of thioether (sulfide) groups is 2. The van der Waals surface area contributed by atoms with E-state index in [-0.39, 0.29) is 5.70 Å². The van der Waals surface area contributed by atoms with Crippen LogP contribution in [0.5, 0.6) is 0 Å². The fourth-order valence-corrected chi connectivity index (χ4v) is 5.44. The third-order valence-corrected chi connectivity index (χ3v) is 6.89. The molecule has 2 aromatic rings. The summed E-state index contributed by atoms with van der Waals surface area (Å²) in [6.07, 6.45) is 1.44. The van der Waals surface area contributed by atoms with Gasteiger partial charge in [-0.05, 0) is 11.1 Å². The summed E-state index contributed by atoms with van der Waals surface area (Å²) in [5.74, 6) is -0.790. The van der Waals surface area contributed by atoms with E-state index in [1.807, 2.05) is 30.3 Å². The van der Waals surface area contributed by atoms with Crippen LogP contribution >= 0.6 is 23.5 Å². The first kappa shape index (κ1) is 20.3. The zero-order chi connectivity index (χ0) is 21.1. The molecule has 10 nitrogen and oxygen atoms in total. The number of aromatic amines is 1. The number of nitrogens with one attached hydrogen (secondary N) is 3. The van der Waals surface area contributed by atoms with Gasteiger partial charge in [0, 0.05) is 18.1 Å². The Balaban J connectivity index is 1.38. The summed E-state index contributed by atoms with van der Waals surface area (Å²) in [4.78, 5) is 41.9. The molecule has 1 fully saturated rings. The van der Waals surface area contributed by atoms with Gasteiger partial charge in [0.1, 0.15) is 23.4 Å². The lowest BCUT2D eigenvalue weighted by Crippen LogP contribution is -2.71. The molecule has 0 spiro atoms. The summed E-state index contributed by atoms with van der Waals surface area (Å²) in [6.45, 7) is 0.331. The van der Waals surface area contributed by atoms with E-state index in [2.05, 4.69) is 25.8 Å². The maximum atomic E-state index is 12.6. The minimum atomic E-state index is -1.16. The number of aliphatic carboxylic acids is 1. The van der Waals surface area contributed by atoms with E-state index in [1.165, 1.54) is 34.8 Å². The smallest absolute Gasteiger partial charge is 0.352 e. The molecule has 0 saturated carbocycles. The van der Waals surface area contributed by atoms with Crippen molar-refractivity contribution >= 4 is 41.4 Å². The van der Waals surface area contributed by atoms with Gasteiger partial charge in [0.15, 0.2) is 0 Å². The quantitative estimate of drug-likeness (QED) is 0.365. The van der Waals surface area contributed by atoms with Crippen LogP contribution < -0.4 is 10.6 Å². The molecule has 4 N–H and O–H groups in total. The number of fused-ring (bicyclic) bond motifs is 1. The molecule has 12 heteroatoms. The number of β-lactam (4-membered cyclic amide) rings is 1. The fraction of sp³-hybridized carbons (Fsp3) is 0.278. The molecule has 2 aliphatic heterocycles. The van der Waals surface area contributed by atoms with E-state index >= 15 is 0 Å². The highest BCUT2D eigenvalue weighted by Gasteiger charge is 2.54. The molecule has 4 rings (SSSR count). The number of rotatable bonds is 7. The van der Waals surface area contributed by atoms with E-state index in [0.29, 0.717) is 28.8 Å². The lowest BCUT2D eigenvalue weighted by Gasteiger charge is -2.49. The van der Waals surface area contributed by atoms with Crippen LogP contribution in [0, 0.1) is 0 Å². The molecular weight excluding hydrogens is 428 g/mol. The highest BCUT2D eigenvalue weighted by Crippen LogP contribution is 2.41. The van der Waals surface area contributed by atoms with Crippen LogP contribution in [-0.4, -0.2) is 66.0 Å². The Bertz CT molecular complexity index is 982. The summed E-state index contributed by atoms with van der Waals surface area (Å²) in [5, 5.41) is 21.6. The Hall–Kier alpha value is -2.99. The molecule has 3 amide bonds. The van der Waals surface area contributed by atoms with Crippen molar-refractivity contribution in [3.63, 3.8) is 0 Å². The van der Waals surface area contributed by atoms with Crippen molar-refractivity contribution in [1.29, 1.82) is 0 Å². The molecule has 0 aliphatic carbocycles. The molecule has 2 aliphatic rings. The topological polar surface area (TPSA) is 140 Å². The minimum Gasteiger partial charge on any atom is -0.477 e. The summed E-state index contributed by atoms with van der Waals surface area (Å²) < 4.78 is 0. The number of carbonyl (C=O) groups is 3. The molecule has 0 bridgehead atoms. The molecule has 3 heterocycles. The molecule has 2 atom stereocenters. The van der Waals surface area contributed by atoms with E-state index in [1.54, 1.807) is 0 Å². The Morgan fingerprint density at radius 1 is 1.33 bits per heavy atom. The van der Waals surface area contributed by atoms with Crippen LogP contribution in [0.4, 0.5) is 4.79 Å². The van der Waals surface area contributed by atoms with Gasteiger partial charge >= 0.3 is 12.0 Å². The van der Waals surface area contributed by atoms with E-state index in [9.17, 15) is 19.5 Å². The predicted molar refractivity (Wildman–Crippen MR) is 110 cm³/mol. The number of aromatic nitrogens is 3. The standard InChI is InChI=1S/C18H18N6O4S2/c25-14-12(22-17(28)19-6-10-4-2-1-3-5-10)15-24(14)13(16(26)27)11(7-29-15)8-30-18-20-9-21-23-18/h1-5,9,12,15H,6-8H2,(H,26,27)(H2,19,22,28)(H,20,21,23)/t12?,15-/m1/s1. The number of carbonyl (C=O) groups excluding carboxylic acids is 2. The first-order valence-electron chi connectivity index (χ1n) is 9.01. The van der Waals surface area contributed by atoms with Crippen molar-refractivity contribution in [3.8, 4) is 0 Å². The maximum absolute atomic E-state index is 12.6. The summed E-state index contributed by atoms with van der Waals surface area (Å²) in [6, 6.07) is 8.17. The van der Waals surface area contributed by atoms with Gasteiger partial charge in [-0.3, -0.25) is 14.8 Å². The summed E-state index contributed by atoms with van der Waals surface area (Å²) >= 11 is 2.72. The van der Waals surface area contributed by atoms with Crippen LogP contribution in [0.2, 0.25) is 0 Å². The first-order chi connectivity index (χ1) is 14.5. The van der Waals surface area contributed by atoms with Crippen LogP contribution in [0.3, 0.4) is 0 Å². The van der Waals surface area contributed by atoms with Crippen molar-refractivity contribution in [2.75, 3.05) is 11.5 Å². The second kappa shape index (κ2) is 8.79. The third-order valence-electron chi connectivity index (χ3n) is 4.60. The SMILES string of the molecule is O=C(NCc1ccccc1)NC1C(=O)N2C(C(=O)O)=C(CSc3nc[nH]n3)CS[C@H]12. The molecule has 0 radical (unpaired) electrons. The number of nitrogens with zero attached hydrogens (tertiary/aromatic N) is 3. The van der Waals surface area contributed by atoms with E-state index < -0.39 is 29.3 Å². The minimum absolute atomic E-state index is 0.0190. The second-order valence-electron chi connectivity index (χ2n) is 6.53. The van der Waals surface area contributed by atoms with E-state index in [4.69, 9.17) is 0 Å². The number of hydrogen-bond acceptors (Lipinski definition) is 7. The number of amides is 3. The second-order valence-corrected chi connectivity index (χ2v) is 8.58.